The van der Waals surface area contributed by atoms with Crippen molar-refractivity contribution in [1.82, 2.24) is 4.90 Å². The van der Waals surface area contributed by atoms with Crippen molar-refractivity contribution in [2.45, 2.75) is 51.8 Å². The second-order valence-electron chi connectivity index (χ2n) is 6.21. The van der Waals surface area contributed by atoms with Crippen LogP contribution in [0.3, 0.4) is 0 Å². The van der Waals surface area contributed by atoms with Gasteiger partial charge in [0.1, 0.15) is 5.60 Å². The fourth-order valence-electron chi connectivity index (χ4n) is 2.02. The van der Waals surface area contributed by atoms with E-state index in [1.807, 2.05) is 20.8 Å². The Labute approximate surface area is 120 Å². The molecule has 114 valence electrons. The van der Waals surface area contributed by atoms with E-state index in [1.165, 1.54) is 0 Å². The maximum Gasteiger partial charge on any atom is 0.410 e. The Morgan fingerprint density at radius 3 is 2.70 bits per heavy atom. The minimum absolute atomic E-state index is 0.0115. The first-order valence-electron chi connectivity index (χ1n) is 6.86. The van der Waals surface area contributed by atoms with Gasteiger partial charge in [-0.25, -0.2) is 4.79 Å². The van der Waals surface area contributed by atoms with Gasteiger partial charge < -0.3 is 21.1 Å². The number of carbonyl (C=O) groups excluding carboxylic acids is 1. The summed E-state index contributed by atoms with van der Waals surface area (Å²) in [5.74, 6) is 0. The van der Waals surface area contributed by atoms with Gasteiger partial charge in [0.05, 0.1) is 12.6 Å². The van der Waals surface area contributed by atoms with E-state index in [4.69, 9.17) is 16.2 Å². The fraction of sp³-hybridized carbons (Fsp3) is 0.714. The van der Waals surface area contributed by atoms with Crippen LogP contribution in [0.1, 0.15) is 34.1 Å². The molecular weight excluding hydrogens is 256 g/mol. The first-order valence-corrected chi connectivity index (χ1v) is 6.86. The number of hydrogen-bond acceptors (Lipinski definition) is 5. The Morgan fingerprint density at radius 2 is 2.15 bits per heavy atom. The monoisotopic (exact) mass is 282 g/mol. The van der Waals surface area contributed by atoms with Gasteiger partial charge in [-0.1, -0.05) is 0 Å². The van der Waals surface area contributed by atoms with E-state index in [-0.39, 0.29) is 18.2 Å². The van der Waals surface area contributed by atoms with E-state index >= 15 is 0 Å². The average Bonchev–Trinajstić information content (AvgIpc) is 2.63. The van der Waals surface area contributed by atoms with E-state index < -0.39 is 5.60 Å². The van der Waals surface area contributed by atoms with Gasteiger partial charge in [-0.15, -0.1) is 0 Å². The van der Waals surface area contributed by atoms with Gasteiger partial charge in [0, 0.05) is 24.5 Å². The van der Waals surface area contributed by atoms with Crippen LogP contribution in [0.2, 0.25) is 0 Å². The van der Waals surface area contributed by atoms with Gasteiger partial charge >= 0.3 is 6.09 Å². The van der Waals surface area contributed by atoms with Crippen LogP contribution in [0, 0.1) is 0 Å². The number of amides is 1. The van der Waals surface area contributed by atoms with E-state index in [1.54, 1.807) is 24.1 Å². The summed E-state index contributed by atoms with van der Waals surface area (Å²) in [5, 5.41) is 0. The molecular formula is C14H26N4O2. The SMILES string of the molecule is C/C(N)=C/C=NC[C@@H]1C[C@@H](N)CN1C(=O)OC(C)(C)C. The zero-order valence-electron chi connectivity index (χ0n) is 12.8. The lowest BCUT2D eigenvalue weighted by Crippen LogP contribution is -2.41. The molecule has 0 spiro atoms. The molecule has 1 aliphatic rings. The number of ether oxygens (including phenoxy) is 1. The van der Waals surface area contributed by atoms with Crippen molar-refractivity contribution in [1.29, 1.82) is 0 Å². The van der Waals surface area contributed by atoms with E-state index in [2.05, 4.69) is 4.99 Å². The zero-order chi connectivity index (χ0) is 15.3. The molecule has 0 aromatic rings. The molecule has 0 bridgehead atoms. The highest BCUT2D eigenvalue weighted by atomic mass is 16.6. The average molecular weight is 282 g/mol. The third kappa shape index (κ3) is 5.61. The Morgan fingerprint density at radius 1 is 1.50 bits per heavy atom. The normalized spacial score (nSPS) is 24.4. The second kappa shape index (κ2) is 6.74. The molecule has 0 aromatic carbocycles. The standard InChI is InChI=1S/C14H26N4O2/c1-10(15)5-6-17-8-12-7-11(16)9-18(12)13(19)20-14(2,3)4/h5-6,11-12H,7-9,15-16H2,1-4H3/b10-5-,17-6?/t11-,12+/m1/s1. The van der Waals surface area contributed by atoms with E-state index in [9.17, 15) is 4.79 Å². The third-order valence-electron chi connectivity index (χ3n) is 2.83. The summed E-state index contributed by atoms with van der Waals surface area (Å²) in [6, 6.07) is -0.0305. The molecule has 2 atom stereocenters. The van der Waals surface area contributed by atoms with Crippen LogP contribution >= 0.6 is 0 Å². The molecule has 1 aliphatic heterocycles. The number of hydrogen-bond donors (Lipinski definition) is 2. The van der Waals surface area contributed by atoms with E-state index in [0.717, 1.165) is 6.42 Å². The molecule has 1 heterocycles. The second-order valence-corrected chi connectivity index (χ2v) is 6.21. The number of rotatable bonds is 3. The molecule has 0 aliphatic carbocycles. The van der Waals surface area contributed by atoms with Gasteiger partial charge in [-0.05, 0) is 40.2 Å². The highest BCUT2D eigenvalue weighted by Gasteiger charge is 2.35. The van der Waals surface area contributed by atoms with Gasteiger partial charge in [0.25, 0.3) is 0 Å². The summed E-state index contributed by atoms with van der Waals surface area (Å²) in [7, 11) is 0. The Hall–Kier alpha value is -1.56. The van der Waals surface area contributed by atoms with Crippen molar-refractivity contribution in [2.24, 2.45) is 16.5 Å². The first-order chi connectivity index (χ1) is 9.19. The summed E-state index contributed by atoms with van der Waals surface area (Å²) < 4.78 is 5.39. The van der Waals surface area contributed by atoms with Crippen molar-refractivity contribution < 1.29 is 9.53 Å². The van der Waals surface area contributed by atoms with Crippen LogP contribution in [-0.4, -0.2) is 48.0 Å². The van der Waals surface area contributed by atoms with Crippen molar-refractivity contribution in [2.75, 3.05) is 13.1 Å². The molecule has 4 N–H and O–H groups in total. The number of carbonyl (C=O) groups is 1. The topological polar surface area (TPSA) is 93.9 Å². The quantitative estimate of drug-likeness (QED) is 0.762. The van der Waals surface area contributed by atoms with Gasteiger partial charge in [-0.3, -0.25) is 4.99 Å². The molecule has 0 aromatic heterocycles. The largest absolute Gasteiger partial charge is 0.444 e. The van der Waals surface area contributed by atoms with Crippen molar-refractivity contribution >= 4 is 12.3 Å². The Bertz CT molecular complexity index is 394. The lowest BCUT2D eigenvalue weighted by Gasteiger charge is -2.27. The zero-order valence-corrected chi connectivity index (χ0v) is 12.8. The predicted octanol–water partition coefficient (Wildman–Crippen LogP) is 1.26. The summed E-state index contributed by atoms with van der Waals surface area (Å²) in [6.07, 6.45) is 3.80. The summed E-state index contributed by atoms with van der Waals surface area (Å²) >= 11 is 0. The van der Waals surface area contributed by atoms with Crippen LogP contribution < -0.4 is 11.5 Å². The summed E-state index contributed by atoms with van der Waals surface area (Å²) in [5.41, 5.74) is 11.6. The number of nitrogens with zero attached hydrogens (tertiary/aromatic N) is 2. The van der Waals surface area contributed by atoms with Crippen LogP contribution in [0.4, 0.5) is 4.79 Å². The lowest BCUT2D eigenvalue weighted by atomic mass is 10.2. The fourth-order valence-corrected chi connectivity index (χ4v) is 2.02. The molecule has 1 saturated heterocycles. The maximum atomic E-state index is 12.1. The van der Waals surface area contributed by atoms with Crippen molar-refractivity contribution in [3.8, 4) is 0 Å². The Balaban J connectivity index is 2.62. The molecule has 0 radical (unpaired) electrons. The highest BCUT2D eigenvalue weighted by Crippen LogP contribution is 2.20. The number of nitrogens with two attached hydrogens (primary N) is 2. The highest BCUT2D eigenvalue weighted by molar-refractivity contribution is 5.72. The number of likely N-dealkylation sites (tertiary alicyclic amines) is 1. The van der Waals surface area contributed by atoms with Gasteiger partial charge in [0.15, 0.2) is 0 Å². The molecule has 0 saturated carbocycles. The molecule has 0 unspecified atom stereocenters. The first kappa shape index (κ1) is 16.5. The summed E-state index contributed by atoms with van der Waals surface area (Å²) in [4.78, 5) is 18.1. The number of allylic oxidation sites excluding steroid dienone is 2. The van der Waals surface area contributed by atoms with Crippen molar-refractivity contribution in [3.63, 3.8) is 0 Å². The van der Waals surface area contributed by atoms with Crippen LogP contribution in [-0.2, 0) is 4.74 Å². The van der Waals surface area contributed by atoms with Gasteiger partial charge in [-0.2, -0.15) is 0 Å². The van der Waals surface area contributed by atoms with E-state index in [0.29, 0.717) is 18.8 Å². The minimum Gasteiger partial charge on any atom is -0.444 e. The molecule has 20 heavy (non-hydrogen) atoms. The third-order valence-corrected chi connectivity index (χ3v) is 2.83. The smallest absolute Gasteiger partial charge is 0.410 e. The minimum atomic E-state index is -0.503. The Kier molecular flexibility index (Phi) is 5.56. The van der Waals surface area contributed by atoms with Crippen LogP contribution in [0.25, 0.3) is 0 Å². The van der Waals surface area contributed by atoms with Crippen LogP contribution in [0.15, 0.2) is 16.8 Å². The molecule has 6 heteroatoms. The van der Waals surface area contributed by atoms with Crippen LogP contribution in [0.5, 0.6) is 0 Å². The molecule has 1 rings (SSSR count). The number of aliphatic imine (C=N–C) groups is 1. The predicted molar refractivity (Wildman–Crippen MR) is 80.6 cm³/mol. The lowest BCUT2D eigenvalue weighted by molar-refractivity contribution is 0.0231. The molecule has 1 amide bonds. The maximum absolute atomic E-state index is 12.1. The van der Waals surface area contributed by atoms with Gasteiger partial charge in [0.2, 0.25) is 0 Å². The summed E-state index contributed by atoms with van der Waals surface area (Å²) in [6.45, 7) is 8.37. The van der Waals surface area contributed by atoms with Crippen molar-refractivity contribution in [3.05, 3.63) is 11.8 Å². The molecule has 1 fully saturated rings. The molecule has 6 nitrogen and oxygen atoms in total.